The summed E-state index contributed by atoms with van der Waals surface area (Å²) < 4.78 is 62.3. The summed E-state index contributed by atoms with van der Waals surface area (Å²) in [5.74, 6) is 1.30. The Morgan fingerprint density at radius 2 is 1.67 bits per heavy atom. The van der Waals surface area contributed by atoms with Crippen LogP contribution in [-0.4, -0.2) is 13.2 Å². The molecule has 1 N–H and O–H groups in total. The Labute approximate surface area is 156 Å². The zero-order valence-corrected chi connectivity index (χ0v) is 15.9. The van der Waals surface area contributed by atoms with Gasteiger partial charge in [-0.3, -0.25) is 4.57 Å². The topological polar surface area (TPSA) is 47.6 Å². The van der Waals surface area contributed by atoms with E-state index in [-0.39, 0.29) is 18.9 Å². The van der Waals surface area contributed by atoms with Gasteiger partial charge >= 0.3 is 13.8 Å². The van der Waals surface area contributed by atoms with Crippen LogP contribution in [0.2, 0.25) is 0 Å². The fraction of sp³-hybridized carbons (Fsp3) is 0.263. The van der Waals surface area contributed by atoms with Crippen molar-refractivity contribution in [2.75, 3.05) is 18.5 Å². The van der Waals surface area contributed by atoms with Gasteiger partial charge < -0.3 is 14.4 Å². The number of rotatable bonds is 8. The molecular weight excluding hydrogens is 378 g/mol. The molecule has 4 nitrogen and oxygen atoms in total. The van der Waals surface area contributed by atoms with E-state index in [0.717, 1.165) is 12.1 Å². The van der Waals surface area contributed by atoms with Crippen LogP contribution in [0.5, 0.6) is 0 Å². The summed E-state index contributed by atoms with van der Waals surface area (Å²) in [5, 5.41) is 2.91. The molecule has 8 heteroatoms. The van der Waals surface area contributed by atoms with Crippen molar-refractivity contribution in [1.82, 2.24) is 0 Å². The Bertz CT molecular complexity index is 812. The van der Waals surface area contributed by atoms with E-state index in [2.05, 4.69) is 5.32 Å². The van der Waals surface area contributed by atoms with Crippen molar-refractivity contribution >= 4 is 19.0 Å². The lowest BCUT2D eigenvalue weighted by atomic mass is 10.1. The normalized spacial score (nSPS) is 12.9. The lowest BCUT2D eigenvalue weighted by Crippen LogP contribution is -2.06. The van der Waals surface area contributed by atoms with Gasteiger partial charge in [0.25, 0.3) is 0 Å². The fourth-order valence-corrected chi connectivity index (χ4v) is 3.83. The predicted octanol–water partition coefficient (Wildman–Crippen LogP) is 6.38. The molecule has 0 amide bonds. The third-order valence-electron chi connectivity index (χ3n) is 3.46. The summed E-state index contributed by atoms with van der Waals surface area (Å²) >= 11 is 0. The van der Waals surface area contributed by atoms with Crippen molar-refractivity contribution in [2.24, 2.45) is 0 Å². The van der Waals surface area contributed by atoms with E-state index in [0.29, 0.717) is 11.3 Å². The largest absolute Gasteiger partial charge is 0.416 e. The molecule has 2 rings (SSSR count). The van der Waals surface area contributed by atoms with Crippen LogP contribution in [0, 0.1) is 0 Å². The van der Waals surface area contributed by atoms with Crippen LogP contribution in [0.15, 0.2) is 60.4 Å². The van der Waals surface area contributed by atoms with Gasteiger partial charge in [-0.05, 0) is 37.6 Å². The third-order valence-corrected chi connectivity index (χ3v) is 5.27. The summed E-state index contributed by atoms with van der Waals surface area (Å²) in [6.07, 6.45) is -4.46. The molecule has 0 saturated carbocycles. The second-order valence-electron chi connectivity index (χ2n) is 5.49. The molecule has 0 heterocycles. The fourth-order valence-electron chi connectivity index (χ4n) is 2.36. The molecule has 0 aliphatic carbocycles. The molecule has 2 aromatic rings. The molecule has 0 aliphatic heterocycles. The Morgan fingerprint density at radius 3 is 2.22 bits per heavy atom. The molecule has 0 fully saturated rings. The quantitative estimate of drug-likeness (QED) is 0.523. The van der Waals surface area contributed by atoms with Gasteiger partial charge in [-0.15, -0.1) is 0 Å². The van der Waals surface area contributed by atoms with Gasteiger partial charge in [-0.25, -0.2) is 0 Å². The summed E-state index contributed by atoms with van der Waals surface area (Å²) in [7, 11) is -3.57. The highest BCUT2D eigenvalue weighted by atomic mass is 31.2. The molecular formula is C19H21F3NO3P. The lowest BCUT2D eigenvalue weighted by Gasteiger charge is -2.18. The van der Waals surface area contributed by atoms with Gasteiger partial charge in [-0.2, -0.15) is 13.2 Å². The van der Waals surface area contributed by atoms with Gasteiger partial charge in [0.1, 0.15) is 0 Å². The van der Waals surface area contributed by atoms with E-state index in [1.165, 1.54) is 17.9 Å². The van der Waals surface area contributed by atoms with E-state index in [9.17, 15) is 17.7 Å². The minimum absolute atomic E-state index is 0.166. The Morgan fingerprint density at radius 1 is 1.04 bits per heavy atom. The first-order chi connectivity index (χ1) is 12.8. The number of halogens is 3. The standard InChI is InChI=1S/C19H21F3NO3P/c1-3-25-27(24,26-4-2)14-18(15-9-6-5-7-10-15)23-17-12-8-11-16(13-17)19(20,21)22/h5-14,23H,3-4H2,1-2H3/b18-14-. The second kappa shape index (κ2) is 9.22. The van der Waals surface area contributed by atoms with E-state index in [1.54, 1.807) is 44.2 Å². The van der Waals surface area contributed by atoms with Crippen LogP contribution in [-0.2, 0) is 19.8 Å². The SMILES string of the molecule is CCOP(=O)(/C=C(\Nc1cccc(C(F)(F)F)c1)c1ccccc1)OCC. The van der Waals surface area contributed by atoms with Crippen LogP contribution >= 0.6 is 7.60 Å². The molecule has 0 aliphatic rings. The third kappa shape index (κ3) is 6.24. The first kappa shape index (κ1) is 21.2. The summed E-state index contributed by atoms with van der Waals surface area (Å²) in [6, 6.07) is 13.6. The van der Waals surface area contributed by atoms with Crippen LogP contribution in [0.3, 0.4) is 0 Å². The second-order valence-corrected chi connectivity index (χ2v) is 7.34. The van der Waals surface area contributed by atoms with Crippen molar-refractivity contribution in [2.45, 2.75) is 20.0 Å². The Kier molecular flexibility index (Phi) is 7.25. The minimum atomic E-state index is -4.46. The number of benzene rings is 2. The van der Waals surface area contributed by atoms with Crippen molar-refractivity contribution in [3.63, 3.8) is 0 Å². The van der Waals surface area contributed by atoms with Crippen LogP contribution in [0.1, 0.15) is 25.0 Å². The highest BCUT2D eigenvalue weighted by molar-refractivity contribution is 7.57. The van der Waals surface area contributed by atoms with Gasteiger partial charge in [0.2, 0.25) is 0 Å². The van der Waals surface area contributed by atoms with Gasteiger partial charge in [0.05, 0.1) is 30.3 Å². The monoisotopic (exact) mass is 399 g/mol. The number of alkyl halides is 3. The van der Waals surface area contributed by atoms with Gasteiger partial charge in [-0.1, -0.05) is 36.4 Å². The van der Waals surface area contributed by atoms with Crippen LogP contribution < -0.4 is 5.32 Å². The van der Waals surface area contributed by atoms with Gasteiger partial charge in [0.15, 0.2) is 0 Å². The first-order valence-electron chi connectivity index (χ1n) is 8.39. The predicted molar refractivity (Wildman–Crippen MR) is 100 cm³/mol. The summed E-state index contributed by atoms with van der Waals surface area (Å²) in [5.41, 5.74) is 0.395. The molecule has 27 heavy (non-hydrogen) atoms. The molecule has 0 unspecified atom stereocenters. The minimum Gasteiger partial charge on any atom is -0.355 e. The van der Waals surface area contributed by atoms with Crippen molar-refractivity contribution < 1.29 is 26.8 Å². The van der Waals surface area contributed by atoms with E-state index in [4.69, 9.17) is 9.05 Å². The van der Waals surface area contributed by atoms with Crippen molar-refractivity contribution in [3.05, 3.63) is 71.5 Å². The van der Waals surface area contributed by atoms with E-state index in [1.807, 2.05) is 0 Å². The molecule has 0 atom stereocenters. The lowest BCUT2D eigenvalue weighted by molar-refractivity contribution is -0.137. The van der Waals surface area contributed by atoms with Gasteiger partial charge in [0, 0.05) is 5.69 Å². The van der Waals surface area contributed by atoms with E-state index < -0.39 is 19.3 Å². The molecule has 0 radical (unpaired) electrons. The maximum atomic E-state index is 13.0. The zero-order chi connectivity index (χ0) is 19.9. The molecule has 0 aromatic heterocycles. The first-order valence-corrected chi connectivity index (χ1v) is 10.00. The van der Waals surface area contributed by atoms with Crippen LogP contribution in [0.25, 0.3) is 5.70 Å². The van der Waals surface area contributed by atoms with Crippen molar-refractivity contribution in [3.8, 4) is 0 Å². The smallest absolute Gasteiger partial charge is 0.355 e. The highest BCUT2D eigenvalue weighted by Crippen LogP contribution is 2.51. The highest BCUT2D eigenvalue weighted by Gasteiger charge is 2.30. The molecule has 0 spiro atoms. The number of nitrogens with one attached hydrogen (secondary N) is 1. The maximum Gasteiger partial charge on any atom is 0.416 e. The average molecular weight is 399 g/mol. The summed E-state index contributed by atoms with van der Waals surface area (Å²) in [4.78, 5) is 0. The van der Waals surface area contributed by atoms with Crippen molar-refractivity contribution in [1.29, 1.82) is 0 Å². The Balaban J connectivity index is 2.46. The zero-order valence-electron chi connectivity index (χ0n) is 15.0. The van der Waals surface area contributed by atoms with Crippen LogP contribution in [0.4, 0.5) is 18.9 Å². The summed E-state index contributed by atoms with van der Waals surface area (Å²) in [6.45, 7) is 3.70. The molecule has 2 aromatic carbocycles. The number of hydrogen-bond acceptors (Lipinski definition) is 4. The molecule has 0 bridgehead atoms. The number of hydrogen-bond donors (Lipinski definition) is 1. The number of anilines is 1. The molecule has 146 valence electrons. The average Bonchev–Trinajstić information content (AvgIpc) is 2.62. The Hall–Kier alpha value is -2.08. The van der Waals surface area contributed by atoms with E-state index >= 15 is 0 Å². The maximum absolute atomic E-state index is 13.0. The molecule has 0 saturated heterocycles.